The number of benzene rings is 2. The average molecular weight is 618 g/mol. The fourth-order valence-electron chi connectivity index (χ4n) is 6.99. The summed E-state index contributed by atoms with van der Waals surface area (Å²) in [4.78, 5) is 34.9. The number of aromatic nitrogens is 4. The van der Waals surface area contributed by atoms with E-state index < -0.39 is 44.4 Å². The standard InChI is InChI=1S/C35H40N6O4/c1-35(2)26-14-11-22(15-23(26)19-45-35)28-29-31-27(40(5)34(43)41(31)25-13-12-24(16-25)37-33(42)44-6)17-36-32(29)38-30(28)21-9-7-20(8-10-21)18-39(3)4/h7-11,14-15,17,24-25H,12-13,16,18-19H2,1-6H3,(H,36,38)(H,37,42)/t24-,25-/m1/s1/i3D3,4D3,5D3. The van der Waals surface area contributed by atoms with E-state index in [1.807, 2.05) is 32.0 Å². The number of ether oxygens (including phenoxy) is 2. The summed E-state index contributed by atoms with van der Waals surface area (Å²) in [6.07, 6.45) is 2.18. The van der Waals surface area contributed by atoms with E-state index in [0.29, 0.717) is 69.7 Å². The monoisotopic (exact) mass is 617 g/mol. The van der Waals surface area contributed by atoms with Crippen molar-refractivity contribution in [1.82, 2.24) is 29.3 Å². The van der Waals surface area contributed by atoms with Crippen molar-refractivity contribution in [2.24, 2.45) is 6.98 Å². The molecule has 1 amide bonds. The van der Waals surface area contributed by atoms with Gasteiger partial charge in [-0.2, -0.15) is 0 Å². The van der Waals surface area contributed by atoms with Crippen LogP contribution in [0.5, 0.6) is 0 Å². The van der Waals surface area contributed by atoms with Gasteiger partial charge in [0.15, 0.2) is 0 Å². The summed E-state index contributed by atoms with van der Waals surface area (Å²) in [7, 11) is 1.27. The molecule has 0 unspecified atom stereocenters. The Bertz CT molecular complexity index is 2310. The fourth-order valence-corrected chi connectivity index (χ4v) is 6.99. The summed E-state index contributed by atoms with van der Waals surface area (Å²) in [6.45, 7) is -4.54. The second-order valence-electron chi connectivity index (χ2n) is 12.3. The van der Waals surface area contributed by atoms with Gasteiger partial charge >= 0.3 is 11.8 Å². The molecule has 7 rings (SSSR count). The van der Waals surface area contributed by atoms with Gasteiger partial charge in [-0.25, -0.2) is 14.6 Å². The van der Waals surface area contributed by atoms with Crippen LogP contribution in [0.3, 0.4) is 0 Å². The molecule has 2 atom stereocenters. The van der Waals surface area contributed by atoms with Crippen LogP contribution in [-0.2, 0) is 35.2 Å². The number of carbonyl (C=O) groups excluding carboxylic acids is 1. The molecule has 234 valence electrons. The minimum Gasteiger partial charge on any atom is -0.453 e. The normalized spacial score (nSPS) is 22.9. The van der Waals surface area contributed by atoms with Crippen molar-refractivity contribution in [3.05, 3.63) is 75.8 Å². The zero-order chi connectivity index (χ0) is 39.1. The number of amides is 1. The molecule has 5 aromatic rings. The van der Waals surface area contributed by atoms with E-state index in [4.69, 9.17) is 21.8 Å². The van der Waals surface area contributed by atoms with Crippen molar-refractivity contribution in [2.45, 2.75) is 63.9 Å². The second kappa shape index (κ2) is 10.9. The first-order valence-electron chi connectivity index (χ1n) is 19.4. The van der Waals surface area contributed by atoms with Crippen molar-refractivity contribution in [2.75, 3.05) is 21.1 Å². The van der Waals surface area contributed by atoms with Crippen molar-refractivity contribution in [3.63, 3.8) is 0 Å². The molecule has 45 heavy (non-hydrogen) atoms. The van der Waals surface area contributed by atoms with Gasteiger partial charge in [0.25, 0.3) is 0 Å². The lowest BCUT2D eigenvalue weighted by Gasteiger charge is -2.18. The van der Waals surface area contributed by atoms with Crippen molar-refractivity contribution < 1.29 is 26.6 Å². The lowest BCUT2D eigenvalue weighted by atomic mass is 9.91. The SMILES string of the molecule is [2H]C([2H])([2H])N(Cc1ccc(-c2[nH]c3ncc4c(c3c2-c2ccc3c(c2)COC3(C)C)n([C@@H]2CC[C@@H](NC(=O)OC)C2)c(=O)n4C([2H])([2H])[2H])cc1)C([2H])([2H])[2H]. The van der Waals surface area contributed by atoms with E-state index in [1.54, 1.807) is 24.3 Å². The van der Waals surface area contributed by atoms with Gasteiger partial charge in [0.2, 0.25) is 0 Å². The Kier molecular flexibility index (Phi) is 4.98. The number of H-pyrrole nitrogens is 1. The van der Waals surface area contributed by atoms with Crippen LogP contribution < -0.4 is 11.0 Å². The van der Waals surface area contributed by atoms with E-state index >= 15 is 0 Å². The predicted octanol–water partition coefficient (Wildman–Crippen LogP) is 5.83. The second-order valence-corrected chi connectivity index (χ2v) is 12.3. The molecular weight excluding hydrogens is 568 g/mol. The van der Waals surface area contributed by atoms with E-state index in [-0.39, 0.29) is 18.1 Å². The molecule has 10 nitrogen and oxygen atoms in total. The molecule has 2 N–H and O–H groups in total. The topological polar surface area (TPSA) is 106 Å². The van der Waals surface area contributed by atoms with Gasteiger partial charge in [-0.15, -0.1) is 0 Å². The van der Waals surface area contributed by atoms with Crippen LogP contribution in [0.1, 0.15) is 68.2 Å². The number of nitrogens with one attached hydrogen (secondary N) is 2. The maximum atomic E-state index is 14.3. The maximum Gasteiger partial charge on any atom is 0.407 e. The van der Waals surface area contributed by atoms with Crippen LogP contribution in [0, 0.1) is 0 Å². The zero-order valence-corrected chi connectivity index (χ0v) is 25.2. The third kappa shape index (κ3) is 4.92. The number of carbonyl (C=O) groups is 1. The number of rotatable bonds is 6. The molecule has 0 spiro atoms. The first kappa shape index (κ1) is 20.6. The Labute approximate surface area is 274 Å². The third-order valence-corrected chi connectivity index (χ3v) is 9.15. The van der Waals surface area contributed by atoms with E-state index in [1.165, 1.54) is 17.9 Å². The molecule has 1 aliphatic heterocycles. The van der Waals surface area contributed by atoms with Gasteiger partial charge < -0.3 is 24.7 Å². The Hall–Kier alpha value is -4.41. The molecule has 0 saturated heterocycles. The zero-order valence-electron chi connectivity index (χ0n) is 34.2. The molecule has 1 aliphatic carbocycles. The average Bonchev–Trinajstić information content (AvgIpc) is 3.84. The number of alkyl carbamates (subject to hydrolysis) is 1. The van der Waals surface area contributed by atoms with E-state index in [0.717, 1.165) is 21.3 Å². The minimum absolute atomic E-state index is 0.124. The van der Waals surface area contributed by atoms with Crippen LogP contribution in [0.2, 0.25) is 0 Å². The van der Waals surface area contributed by atoms with Crippen molar-refractivity contribution >= 4 is 28.2 Å². The highest BCUT2D eigenvalue weighted by atomic mass is 16.5. The molecular formula is C35H40N6O4. The molecule has 1 saturated carbocycles. The number of aryl methyl sites for hydroxylation is 1. The number of hydrogen-bond donors (Lipinski definition) is 2. The molecule has 0 radical (unpaired) electrons. The van der Waals surface area contributed by atoms with Gasteiger partial charge in [0.05, 0.1) is 47.6 Å². The Balaban J connectivity index is 1.46. The highest BCUT2D eigenvalue weighted by Crippen LogP contribution is 2.45. The number of fused-ring (bicyclic) bond motifs is 4. The summed E-state index contributed by atoms with van der Waals surface area (Å²) in [5.41, 5.74) is 4.75. The van der Waals surface area contributed by atoms with Gasteiger partial charge in [-0.3, -0.25) is 9.13 Å². The van der Waals surface area contributed by atoms with Gasteiger partial charge in [-0.1, -0.05) is 36.4 Å². The smallest absolute Gasteiger partial charge is 0.407 e. The van der Waals surface area contributed by atoms with Gasteiger partial charge in [0, 0.05) is 43.5 Å². The predicted molar refractivity (Wildman–Crippen MR) is 175 cm³/mol. The minimum atomic E-state index is -2.85. The Morgan fingerprint density at radius 3 is 2.76 bits per heavy atom. The summed E-state index contributed by atoms with van der Waals surface area (Å²) in [5, 5.41) is 3.32. The fraction of sp³-hybridized carbons (Fsp3) is 0.400. The molecule has 3 aromatic heterocycles. The van der Waals surface area contributed by atoms with Crippen LogP contribution >= 0.6 is 0 Å². The molecule has 2 aromatic carbocycles. The molecule has 2 aliphatic rings. The number of aromatic amines is 1. The lowest BCUT2D eigenvalue weighted by Crippen LogP contribution is -2.33. The van der Waals surface area contributed by atoms with E-state index in [2.05, 4.69) is 15.3 Å². The maximum absolute atomic E-state index is 14.3. The first-order chi connectivity index (χ1) is 25.2. The van der Waals surface area contributed by atoms with Crippen LogP contribution in [0.15, 0.2) is 53.5 Å². The van der Waals surface area contributed by atoms with Crippen LogP contribution in [0.4, 0.5) is 4.79 Å². The largest absolute Gasteiger partial charge is 0.453 e. The molecule has 10 heteroatoms. The number of methoxy groups -OCH3 is 1. The highest BCUT2D eigenvalue weighted by molar-refractivity contribution is 6.14. The number of hydrogen-bond acceptors (Lipinski definition) is 6. The van der Waals surface area contributed by atoms with Crippen molar-refractivity contribution in [1.29, 1.82) is 0 Å². The highest BCUT2D eigenvalue weighted by Gasteiger charge is 2.34. The van der Waals surface area contributed by atoms with Crippen LogP contribution in [-0.4, -0.2) is 57.2 Å². The van der Waals surface area contributed by atoms with Gasteiger partial charge in [0.1, 0.15) is 5.65 Å². The Morgan fingerprint density at radius 1 is 1.20 bits per heavy atom. The van der Waals surface area contributed by atoms with E-state index in [9.17, 15) is 9.59 Å². The summed E-state index contributed by atoms with van der Waals surface area (Å²) >= 11 is 0. The lowest BCUT2D eigenvalue weighted by molar-refractivity contribution is -0.00789. The van der Waals surface area contributed by atoms with Crippen LogP contribution in [0.25, 0.3) is 44.5 Å². The summed E-state index contributed by atoms with van der Waals surface area (Å²) < 4.78 is 84.9. The summed E-state index contributed by atoms with van der Waals surface area (Å²) in [5.74, 6) is 0. The number of pyridine rings is 1. The third-order valence-electron chi connectivity index (χ3n) is 9.15. The molecule has 0 bridgehead atoms. The number of imidazole rings is 1. The molecule has 4 heterocycles. The first-order valence-corrected chi connectivity index (χ1v) is 14.9. The van der Waals surface area contributed by atoms with Crippen molar-refractivity contribution in [3.8, 4) is 22.4 Å². The van der Waals surface area contributed by atoms with Gasteiger partial charge in [-0.05, 0) is 80.9 Å². The molecule has 1 fully saturated rings. The number of nitrogens with zero attached hydrogens (tertiary/aromatic N) is 4. The summed E-state index contributed by atoms with van der Waals surface area (Å²) in [6, 6.07) is 12.0. The quantitative estimate of drug-likeness (QED) is 0.249. The Morgan fingerprint density at radius 2 is 2.00 bits per heavy atom.